The van der Waals surface area contributed by atoms with E-state index < -0.39 is 27.3 Å². The van der Waals surface area contributed by atoms with E-state index in [-0.39, 0.29) is 35.1 Å². The van der Waals surface area contributed by atoms with E-state index in [9.17, 15) is 26.4 Å². The van der Waals surface area contributed by atoms with Gasteiger partial charge in [0.05, 0.1) is 29.8 Å². The Morgan fingerprint density at radius 3 is 2.42 bits per heavy atom. The summed E-state index contributed by atoms with van der Waals surface area (Å²) in [6.45, 7) is 4.63. The van der Waals surface area contributed by atoms with Crippen LogP contribution in [0, 0.1) is 5.92 Å². The van der Waals surface area contributed by atoms with Gasteiger partial charge in [-0.2, -0.15) is 13.2 Å². The van der Waals surface area contributed by atoms with Gasteiger partial charge in [-0.15, -0.1) is 0 Å². The van der Waals surface area contributed by atoms with Gasteiger partial charge in [-0.1, -0.05) is 50.2 Å². The van der Waals surface area contributed by atoms with Gasteiger partial charge < -0.3 is 9.47 Å². The molecule has 2 aromatic carbocycles. The normalized spacial score (nSPS) is 14.3. The number of alkyl halides is 3. The Hall–Kier alpha value is -3.14. The maximum atomic E-state index is 13.3. The minimum atomic E-state index is -4.56. The first-order valence-electron chi connectivity index (χ1n) is 11.7. The van der Waals surface area contributed by atoms with Gasteiger partial charge in [-0.25, -0.2) is 13.4 Å². The minimum Gasteiger partial charge on any atom is -0.333 e. The van der Waals surface area contributed by atoms with E-state index in [0.717, 1.165) is 25.0 Å². The van der Waals surface area contributed by atoms with Gasteiger partial charge in [0.15, 0.2) is 0 Å². The Bertz CT molecular complexity index is 1330. The lowest BCUT2D eigenvalue weighted by molar-refractivity contribution is -0.137. The molecule has 1 aliphatic carbocycles. The Balaban J connectivity index is 1.64. The topological polar surface area (TPSA) is 72.3 Å². The molecule has 1 fully saturated rings. The van der Waals surface area contributed by atoms with E-state index >= 15 is 0 Å². The SMILES string of the molecule is CC(C)CN(Cc1cnc(S(=O)(=O)Cc2cccc(C(F)(F)F)c2)n1C1CC1)C(=O)c1ccccc1. The van der Waals surface area contributed by atoms with E-state index in [4.69, 9.17) is 0 Å². The van der Waals surface area contributed by atoms with Crippen LogP contribution >= 0.6 is 0 Å². The lowest BCUT2D eigenvalue weighted by Crippen LogP contribution is -2.34. The zero-order valence-electron chi connectivity index (χ0n) is 20.1. The zero-order valence-corrected chi connectivity index (χ0v) is 20.9. The lowest BCUT2D eigenvalue weighted by Gasteiger charge is -2.25. The number of amides is 1. The number of nitrogens with zero attached hydrogens (tertiary/aromatic N) is 3. The van der Waals surface area contributed by atoms with Crippen LogP contribution < -0.4 is 0 Å². The van der Waals surface area contributed by atoms with Crippen LogP contribution in [0.4, 0.5) is 13.2 Å². The molecule has 1 heterocycles. The first-order valence-corrected chi connectivity index (χ1v) is 13.4. The number of hydrogen-bond donors (Lipinski definition) is 0. The van der Waals surface area contributed by atoms with Crippen molar-refractivity contribution in [3.8, 4) is 0 Å². The summed E-state index contributed by atoms with van der Waals surface area (Å²) in [6.07, 6.45) is -1.56. The predicted octanol–water partition coefficient (Wildman–Crippen LogP) is 5.51. The van der Waals surface area contributed by atoms with Crippen molar-refractivity contribution in [2.75, 3.05) is 6.54 Å². The van der Waals surface area contributed by atoms with Crippen LogP contribution in [0.1, 0.15) is 59.9 Å². The number of aromatic nitrogens is 2. The smallest absolute Gasteiger partial charge is 0.333 e. The molecule has 3 aromatic rings. The second kappa shape index (κ2) is 10.1. The highest BCUT2D eigenvalue weighted by Gasteiger charge is 2.35. The summed E-state index contributed by atoms with van der Waals surface area (Å²) in [4.78, 5) is 19.1. The fourth-order valence-corrected chi connectivity index (χ4v) is 5.71. The highest BCUT2D eigenvalue weighted by Crippen LogP contribution is 2.39. The summed E-state index contributed by atoms with van der Waals surface area (Å²) in [7, 11) is -4.04. The second-order valence-electron chi connectivity index (χ2n) is 9.54. The van der Waals surface area contributed by atoms with E-state index in [0.29, 0.717) is 17.8 Å². The van der Waals surface area contributed by atoms with Crippen molar-refractivity contribution in [1.29, 1.82) is 0 Å². The standard InChI is InChI=1S/C26H28F3N3O3S/c1-18(2)15-31(24(33)20-8-4-3-5-9-20)16-23-14-30-25(32(23)22-11-12-22)36(34,35)17-19-7-6-10-21(13-19)26(27,28)29/h3-10,13-14,18,22H,11-12,15-17H2,1-2H3. The molecular formula is C26H28F3N3O3S. The summed E-state index contributed by atoms with van der Waals surface area (Å²) < 4.78 is 67.6. The first-order chi connectivity index (χ1) is 17.0. The molecule has 0 atom stereocenters. The Kier molecular flexibility index (Phi) is 7.26. The monoisotopic (exact) mass is 519 g/mol. The zero-order chi connectivity index (χ0) is 26.1. The molecule has 0 bridgehead atoms. The number of rotatable bonds is 9. The fourth-order valence-electron chi connectivity index (χ4n) is 4.19. The van der Waals surface area contributed by atoms with Gasteiger partial charge in [0, 0.05) is 18.2 Å². The van der Waals surface area contributed by atoms with Gasteiger partial charge >= 0.3 is 6.18 Å². The van der Waals surface area contributed by atoms with Crippen LogP contribution in [-0.2, 0) is 28.3 Å². The third-order valence-corrected chi connectivity index (χ3v) is 7.46. The van der Waals surface area contributed by atoms with Crippen molar-refractivity contribution in [2.24, 2.45) is 5.92 Å². The Labute approximate surface area is 208 Å². The van der Waals surface area contributed by atoms with Gasteiger partial charge in [0.25, 0.3) is 5.91 Å². The Morgan fingerprint density at radius 1 is 1.11 bits per heavy atom. The van der Waals surface area contributed by atoms with Crippen molar-refractivity contribution in [3.63, 3.8) is 0 Å². The number of benzene rings is 2. The fraction of sp³-hybridized carbons (Fsp3) is 0.385. The summed E-state index contributed by atoms with van der Waals surface area (Å²) in [5.41, 5.74) is 0.265. The summed E-state index contributed by atoms with van der Waals surface area (Å²) in [5.74, 6) is -0.584. The van der Waals surface area contributed by atoms with Gasteiger partial charge in [0.1, 0.15) is 0 Å². The number of carbonyl (C=O) groups is 1. The molecule has 0 spiro atoms. The van der Waals surface area contributed by atoms with E-state index in [1.807, 2.05) is 19.9 Å². The average Bonchev–Trinajstić information content (AvgIpc) is 3.56. The van der Waals surface area contributed by atoms with Gasteiger partial charge in [-0.05, 0) is 42.5 Å². The number of halogens is 3. The van der Waals surface area contributed by atoms with Gasteiger partial charge in [0.2, 0.25) is 15.0 Å². The largest absolute Gasteiger partial charge is 0.416 e. The van der Waals surface area contributed by atoms with Crippen LogP contribution in [0.2, 0.25) is 0 Å². The van der Waals surface area contributed by atoms with Crippen molar-refractivity contribution < 1.29 is 26.4 Å². The van der Waals surface area contributed by atoms with E-state index in [1.54, 1.807) is 33.7 Å². The molecule has 0 aliphatic heterocycles. The van der Waals surface area contributed by atoms with Crippen LogP contribution in [0.15, 0.2) is 66.0 Å². The molecule has 0 radical (unpaired) electrons. The number of sulfone groups is 1. The molecular weight excluding hydrogens is 491 g/mol. The summed E-state index contributed by atoms with van der Waals surface area (Å²) in [6, 6.07) is 13.1. The van der Waals surface area contributed by atoms with Crippen LogP contribution in [-0.4, -0.2) is 35.3 Å². The number of imidazole rings is 1. The van der Waals surface area contributed by atoms with Crippen molar-refractivity contribution in [1.82, 2.24) is 14.5 Å². The molecule has 10 heteroatoms. The molecule has 36 heavy (non-hydrogen) atoms. The third-order valence-electron chi connectivity index (χ3n) is 5.89. The van der Waals surface area contributed by atoms with Crippen molar-refractivity contribution in [2.45, 2.75) is 56.4 Å². The van der Waals surface area contributed by atoms with E-state index in [1.165, 1.54) is 18.3 Å². The van der Waals surface area contributed by atoms with Crippen molar-refractivity contribution >= 4 is 15.7 Å². The molecule has 0 N–H and O–H groups in total. The molecule has 1 saturated carbocycles. The van der Waals surface area contributed by atoms with Crippen molar-refractivity contribution in [3.05, 3.63) is 83.2 Å². The molecule has 0 unspecified atom stereocenters. The molecule has 192 valence electrons. The van der Waals surface area contributed by atoms with Gasteiger partial charge in [-0.3, -0.25) is 4.79 Å². The quantitative estimate of drug-likeness (QED) is 0.374. The average molecular weight is 520 g/mol. The molecule has 1 amide bonds. The molecule has 6 nitrogen and oxygen atoms in total. The molecule has 4 rings (SSSR count). The molecule has 1 aliphatic rings. The van der Waals surface area contributed by atoms with Crippen LogP contribution in [0.25, 0.3) is 0 Å². The number of carbonyl (C=O) groups excluding carboxylic acids is 1. The number of hydrogen-bond acceptors (Lipinski definition) is 4. The third kappa shape index (κ3) is 5.98. The first kappa shape index (κ1) is 25.9. The molecule has 1 aromatic heterocycles. The van der Waals surface area contributed by atoms with E-state index in [2.05, 4.69) is 4.98 Å². The maximum Gasteiger partial charge on any atom is 0.416 e. The van der Waals surface area contributed by atoms with Crippen LogP contribution in [0.5, 0.6) is 0 Å². The predicted molar refractivity (Wildman–Crippen MR) is 129 cm³/mol. The maximum absolute atomic E-state index is 13.3. The Morgan fingerprint density at radius 2 is 1.81 bits per heavy atom. The summed E-state index contributed by atoms with van der Waals surface area (Å²) >= 11 is 0. The minimum absolute atomic E-state index is 0.0393. The molecule has 0 saturated heterocycles. The highest BCUT2D eigenvalue weighted by atomic mass is 32.2. The highest BCUT2D eigenvalue weighted by molar-refractivity contribution is 7.90. The lowest BCUT2D eigenvalue weighted by atomic mass is 10.1. The summed E-state index contributed by atoms with van der Waals surface area (Å²) in [5, 5.41) is -0.172. The van der Waals surface area contributed by atoms with Crippen LogP contribution in [0.3, 0.4) is 0 Å². The second-order valence-corrected chi connectivity index (χ2v) is 11.4.